The van der Waals surface area contributed by atoms with Gasteiger partial charge < -0.3 is 10.1 Å². The zero-order chi connectivity index (χ0) is 15.0. The molecular weight excluding hydrogens is 288 g/mol. The van der Waals surface area contributed by atoms with Gasteiger partial charge in [-0.2, -0.15) is 0 Å². The maximum absolute atomic E-state index is 11.8. The number of hydrogen-bond donors (Lipinski definition) is 1. The van der Waals surface area contributed by atoms with Crippen LogP contribution in [0.4, 0.5) is 13.9 Å². The van der Waals surface area contributed by atoms with Crippen LogP contribution in [0.15, 0.2) is 5.38 Å². The largest absolute Gasteiger partial charge is 0.374 e. The van der Waals surface area contributed by atoms with E-state index in [0.29, 0.717) is 24.8 Å². The Labute approximate surface area is 120 Å². The van der Waals surface area contributed by atoms with E-state index < -0.39 is 13.0 Å². The Morgan fingerprint density at radius 2 is 2.35 bits per heavy atom. The summed E-state index contributed by atoms with van der Waals surface area (Å²) >= 11 is 1.41. The number of anilines is 1. The predicted octanol–water partition coefficient (Wildman–Crippen LogP) is 1.89. The van der Waals surface area contributed by atoms with Crippen molar-refractivity contribution in [2.75, 3.05) is 31.2 Å². The first kappa shape index (κ1) is 16.9. The maximum Gasteiger partial charge on any atom is 0.261 e. The number of ether oxygens (including phenoxy) is 1. The Kier molecular flexibility index (Phi) is 7.56. The lowest BCUT2D eigenvalue weighted by Crippen LogP contribution is -2.27. The minimum Gasteiger partial charge on any atom is -0.374 e. The highest BCUT2D eigenvalue weighted by atomic mass is 32.1. The maximum atomic E-state index is 11.8. The molecule has 0 aromatic carbocycles. The number of nitrogens with zero attached hydrogens (tertiary/aromatic N) is 2. The molecule has 1 aromatic rings. The second-order valence-electron chi connectivity index (χ2n) is 4.03. The fraction of sp³-hybridized carbons (Fsp3) is 0.667. The monoisotopic (exact) mass is 307 g/mol. The Bertz CT molecular complexity index is 415. The smallest absolute Gasteiger partial charge is 0.261 e. The lowest BCUT2D eigenvalue weighted by Gasteiger charge is -2.14. The van der Waals surface area contributed by atoms with Crippen LogP contribution in [0, 0.1) is 0 Å². The second kappa shape index (κ2) is 8.93. The minimum absolute atomic E-state index is 0.0400. The molecule has 0 saturated heterocycles. The molecule has 5 nitrogen and oxygen atoms in total. The van der Waals surface area contributed by atoms with Gasteiger partial charge in [-0.25, -0.2) is 13.8 Å². The average molecular weight is 307 g/mol. The number of alkyl halides is 2. The number of rotatable bonds is 9. The van der Waals surface area contributed by atoms with Gasteiger partial charge in [0.25, 0.3) is 6.43 Å². The average Bonchev–Trinajstić information content (AvgIpc) is 2.82. The fourth-order valence-electron chi connectivity index (χ4n) is 1.53. The van der Waals surface area contributed by atoms with Crippen molar-refractivity contribution in [1.82, 2.24) is 10.3 Å². The molecule has 8 heteroatoms. The number of amides is 1. The number of nitrogens with one attached hydrogen (secondary N) is 1. The Morgan fingerprint density at radius 1 is 1.60 bits per heavy atom. The van der Waals surface area contributed by atoms with Crippen LogP contribution in [-0.4, -0.2) is 43.6 Å². The van der Waals surface area contributed by atoms with E-state index in [1.54, 1.807) is 4.90 Å². The molecule has 0 unspecified atom stereocenters. The SMILES string of the molecule is CCN(C(C)=O)c1nc(CNCCOCC(F)F)cs1. The molecule has 1 N–H and O–H groups in total. The van der Waals surface area contributed by atoms with E-state index >= 15 is 0 Å². The van der Waals surface area contributed by atoms with Crippen LogP contribution in [0.1, 0.15) is 19.5 Å². The lowest BCUT2D eigenvalue weighted by atomic mass is 10.5. The van der Waals surface area contributed by atoms with E-state index in [0.717, 1.165) is 5.69 Å². The Balaban J connectivity index is 2.28. The first-order chi connectivity index (χ1) is 9.54. The molecular formula is C12H19F2N3O2S. The summed E-state index contributed by atoms with van der Waals surface area (Å²) in [5.41, 5.74) is 0.818. The van der Waals surface area contributed by atoms with Crippen LogP contribution < -0.4 is 10.2 Å². The van der Waals surface area contributed by atoms with Crippen molar-refractivity contribution in [3.8, 4) is 0 Å². The summed E-state index contributed by atoms with van der Waals surface area (Å²) in [5, 5.41) is 5.59. The molecule has 0 spiro atoms. The summed E-state index contributed by atoms with van der Waals surface area (Å²) < 4.78 is 28.3. The van der Waals surface area contributed by atoms with Gasteiger partial charge in [-0.05, 0) is 6.92 Å². The van der Waals surface area contributed by atoms with Gasteiger partial charge in [0.15, 0.2) is 5.13 Å². The normalized spacial score (nSPS) is 11.1. The number of thiazole rings is 1. The summed E-state index contributed by atoms with van der Waals surface area (Å²) in [6.45, 7) is 4.66. The molecule has 114 valence electrons. The van der Waals surface area contributed by atoms with Gasteiger partial charge in [-0.1, -0.05) is 0 Å². The van der Waals surface area contributed by atoms with Crippen molar-refractivity contribution in [3.05, 3.63) is 11.1 Å². The highest BCUT2D eigenvalue weighted by Crippen LogP contribution is 2.20. The molecule has 0 bridgehead atoms. The van der Waals surface area contributed by atoms with Crippen LogP contribution >= 0.6 is 11.3 Å². The molecule has 0 radical (unpaired) electrons. The molecule has 0 aliphatic heterocycles. The quantitative estimate of drug-likeness (QED) is 0.708. The topological polar surface area (TPSA) is 54.5 Å². The molecule has 1 heterocycles. The standard InChI is InChI=1S/C12H19F2N3O2S/c1-3-17(9(2)18)12-16-10(8-20-12)6-15-4-5-19-7-11(13)14/h8,11,15H,3-7H2,1-2H3. The summed E-state index contributed by atoms with van der Waals surface area (Å²) in [4.78, 5) is 17.3. The van der Waals surface area contributed by atoms with Crippen molar-refractivity contribution in [2.45, 2.75) is 26.8 Å². The van der Waals surface area contributed by atoms with Gasteiger partial charge >= 0.3 is 0 Å². The van der Waals surface area contributed by atoms with E-state index in [-0.39, 0.29) is 12.5 Å². The van der Waals surface area contributed by atoms with Crippen molar-refractivity contribution < 1.29 is 18.3 Å². The molecule has 0 aliphatic rings. The predicted molar refractivity (Wildman–Crippen MR) is 74.3 cm³/mol. The number of carbonyl (C=O) groups is 1. The van der Waals surface area contributed by atoms with Crippen molar-refractivity contribution in [3.63, 3.8) is 0 Å². The number of halogens is 2. The van der Waals surface area contributed by atoms with E-state index in [1.165, 1.54) is 18.3 Å². The molecule has 0 saturated carbocycles. The third-order valence-corrected chi connectivity index (χ3v) is 3.35. The molecule has 0 aliphatic carbocycles. The highest BCUT2D eigenvalue weighted by molar-refractivity contribution is 7.14. The van der Waals surface area contributed by atoms with Crippen LogP contribution in [0.25, 0.3) is 0 Å². The van der Waals surface area contributed by atoms with Crippen LogP contribution in [0.3, 0.4) is 0 Å². The van der Waals surface area contributed by atoms with Gasteiger partial charge in [0.05, 0.1) is 12.3 Å². The van der Waals surface area contributed by atoms with Crippen molar-refractivity contribution in [2.24, 2.45) is 0 Å². The van der Waals surface area contributed by atoms with Gasteiger partial charge in [0.2, 0.25) is 5.91 Å². The summed E-state index contributed by atoms with van der Waals surface area (Å²) in [7, 11) is 0. The fourth-order valence-corrected chi connectivity index (χ4v) is 2.46. The van der Waals surface area contributed by atoms with E-state index in [2.05, 4.69) is 10.3 Å². The summed E-state index contributed by atoms with van der Waals surface area (Å²) in [6.07, 6.45) is -2.43. The molecule has 1 rings (SSSR count). The van der Waals surface area contributed by atoms with E-state index in [4.69, 9.17) is 4.74 Å². The van der Waals surface area contributed by atoms with E-state index in [9.17, 15) is 13.6 Å². The van der Waals surface area contributed by atoms with Gasteiger partial charge in [0, 0.05) is 31.9 Å². The van der Waals surface area contributed by atoms with E-state index in [1.807, 2.05) is 12.3 Å². The van der Waals surface area contributed by atoms with Gasteiger partial charge in [0.1, 0.15) is 6.61 Å². The Morgan fingerprint density at radius 3 is 2.95 bits per heavy atom. The lowest BCUT2D eigenvalue weighted by molar-refractivity contribution is -0.116. The van der Waals surface area contributed by atoms with Crippen molar-refractivity contribution >= 4 is 22.4 Å². The molecule has 1 aromatic heterocycles. The highest BCUT2D eigenvalue weighted by Gasteiger charge is 2.13. The number of carbonyl (C=O) groups excluding carboxylic acids is 1. The number of aromatic nitrogens is 1. The molecule has 0 atom stereocenters. The molecule has 0 fully saturated rings. The first-order valence-corrected chi connectivity index (χ1v) is 7.21. The zero-order valence-electron chi connectivity index (χ0n) is 11.6. The number of hydrogen-bond acceptors (Lipinski definition) is 5. The van der Waals surface area contributed by atoms with Crippen molar-refractivity contribution in [1.29, 1.82) is 0 Å². The molecule has 1 amide bonds. The third kappa shape index (κ3) is 5.89. The molecule has 20 heavy (non-hydrogen) atoms. The van der Waals surface area contributed by atoms with Crippen LogP contribution in [0.5, 0.6) is 0 Å². The Hall–Kier alpha value is -1.12. The van der Waals surface area contributed by atoms with Gasteiger partial charge in [-0.15, -0.1) is 11.3 Å². The first-order valence-electron chi connectivity index (χ1n) is 6.33. The summed E-state index contributed by atoms with van der Waals surface area (Å²) in [5.74, 6) is -0.0400. The minimum atomic E-state index is -2.43. The van der Waals surface area contributed by atoms with Crippen LogP contribution in [-0.2, 0) is 16.1 Å². The zero-order valence-corrected chi connectivity index (χ0v) is 12.4. The second-order valence-corrected chi connectivity index (χ2v) is 4.86. The van der Waals surface area contributed by atoms with Crippen LogP contribution in [0.2, 0.25) is 0 Å². The third-order valence-electron chi connectivity index (χ3n) is 2.44. The summed E-state index contributed by atoms with van der Waals surface area (Å²) in [6, 6.07) is 0. The van der Waals surface area contributed by atoms with Gasteiger partial charge in [-0.3, -0.25) is 9.69 Å².